The van der Waals surface area contributed by atoms with Crippen LogP contribution in [-0.2, 0) is 0 Å². The van der Waals surface area contributed by atoms with Gasteiger partial charge in [-0.3, -0.25) is 4.90 Å². The lowest BCUT2D eigenvalue weighted by molar-refractivity contribution is -0.364. The third kappa shape index (κ3) is 3.31. The molecule has 0 bridgehead atoms. The quantitative estimate of drug-likeness (QED) is 0.914. The van der Waals surface area contributed by atoms with Crippen molar-refractivity contribution < 1.29 is 9.78 Å². The number of amides is 2. The molecule has 2 aromatic rings. The Morgan fingerprint density at radius 3 is 2.33 bits per heavy atom. The van der Waals surface area contributed by atoms with E-state index >= 15 is 0 Å². The number of piperazine rings is 1. The molecule has 1 saturated heterocycles. The first-order chi connectivity index (χ1) is 10.3. The van der Waals surface area contributed by atoms with Crippen LogP contribution in [0.15, 0.2) is 54.7 Å². The zero-order chi connectivity index (χ0) is 14.5. The van der Waals surface area contributed by atoms with E-state index in [-0.39, 0.29) is 6.03 Å². The number of H-pyrrole nitrogens is 1. The number of nitrogens with zero attached hydrogens (tertiary/aromatic N) is 2. The van der Waals surface area contributed by atoms with Gasteiger partial charge in [0.1, 0.15) is 13.1 Å². The summed E-state index contributed by atoms with van der Waals surface area (Å²) in [5, 5.41) is 2.93. The van der Waals surface area contributed by atoms with Crippen LogP contribution in [0.4, 0.5) is 16.3 Å². The second-order valence-corrected chi connectivity index (χ2v) is 5.02. The summed E-state index contributed by atoms with van der Waals surface area (Å²) in [4.78, 5) is 19.5. The molecule has 1 aromatic carbocycles. The molecule has 0 unspecified atom stereocenters. The molecule has 21 heavy (non-hydrogen) atoms. The average Bonchev–Trinajstić information content (AvgIpc) is 2.57. The van der Waals surface area contributed by atoms with Crippen molar-refractivity contribution in [2.45, 2.75) is 0 Å². The number of hydrogen-bond donors (Lipinski definition) is 1. The molecule has 0 atom stereocenters. The van der Waals surface area contributed by atoms with Crippen LogP contribution < -0.4 is 15.2 Å². The summed E-state index contributed by atoms with van der Waals surface area (Å²) in [5.41, 5.74) is 0.835. The van der Waals surface area contributed by atoms with Crippen LogP contribution in [0.25, 0.3) is 0 Å². The zero-order valence-electron chi connectivity index (χ0n) is 11.8. The third-order valence-corrected chi connectivity index (χ3v) is 3.63. The minimum atomic E-state index is -0.0297. The number of aromatic nitrogens is 1. The van der Waals surface area contributed by atoms with E-state index in [4.69, 9.17) is 0 Å². The molecule has 0 spiro atoms. The average molecular weight is 283 g/mol. The van der Waals surface area contributed by atoms with E-state index in [0.29, 0.717) is 0 Å². The summed E-state index contributed by atoms with van der Waals surface area (Å²) < 4.78 is 0. The Morgan fingerprint density at radius 2 is 1.67 bits per heavy atom. The molecule has 1 fully saturated rings. The Hall–Kier alpha value is -2.56. The Labute approximate surface area is 124 Å². The summed E-state index contributed by atoms with van der Waals surface area (Å²) in [6, 6.07) is 15.6. The van der Waals surface area contributed by atoms with E-state index in [0.717, 1.165) is 37.7 Å². The number of pyridine rings is 1. The van der Waals surface area contributed by atoms with Crippen molar-refractivity contribution in [2.75, 3.05) is 36.4 Å². The van der Waals surface area contributed by atoms with Gasteiger partial charge in [-0.15, -0.1) is 0 Å². The maximum Gasteiger partial charge on any atom is 0.322 e. The molecule has 1 aliphatic heterocycles. The monoisotopic (exact) mass is 283 g/mol. The van der Waals surface area contributed by atoms with Gasteiger partial charge in [-0.2, -0.15) is 0 Å². The Balaban J connectivity index is 1.55. The lowest BCUT2D eigenvalue weighted by atomic mass is 10.3. The molecule has 2 amide bonds. The van der Waals surface area contributed by atoms with Crippen LogP contribution in [0.1, 0.15) is 0 Å². The fourth-order valence-electron chi connectivity index (χ4n) is 2.46. The third-order valence-electron chi connectivity index (χ3n) is 3.63. The SMILES string of the molecule is O=C(Nc1ccccc1)N1CCN(c2cccc[nH+]2)CC1. The summed E-state index contributed by atoms with van der Waals surface area (Å²) in [7, 11) is 0. The first kappa shape index (κ1) is 13.4. The van der Waals surface area contributed by atoms with Gasteiger partial charge in [0.2, 0.25) is 0 Å². The Morgan fingerprint density at radius 1 is 0.952 bits per heavy atom. The predicted octanol–water partition coefficient (Wildman–Crippen LogP) is 1.85. The number of rotatable bonds is 2. The maximum absolute atomic E-state index is 12.2. The molecule has 5 heteroatoms. The topological polar surface area (TPSA) is 49.7 Å². The largest absolute Gasteiger partial charge is 0.322 e. The molecule has 1 aromatic heterocycles. The fraction of sp³-hybridized carbons (Fsp3) is 0.250. The van der Waals surface area contributed by atoms with Crippen LogP contribution in [-0.4, -0.2) is 37.1 Å². The number of benzene rings is 1. The van der Waals surface area contributed by atoms with E-state index in [2.05, 4.69) is 21.3 Å². The lowest BCUT2D eigenvalue weighted by Gasteiger charge is -2.30. The van der Waals surface area contributed by atoms with Gasteiger partial charge in [-0.25, -0.2) is 9.78 Å². The summed E-state index contributed by atoms with van der Waals surface area (Å²) >= 11 is 0. The van der Waals surface area contributed by atoms with Crippen molar-refractivity contribution in [3.63, 3.8) is 0 Å². The number of hydrogen-bond acceptors (Lipinski definition) is 2. The predicted molar refractivity (Wildman–Crippen MR) is 82.2 cm³/mol. The van der Waals surface area contributed by atoms with E-state index < -0.39 is 0 Å². The van der Waals surface area contributed by atoms with Gasteiger partial charge in [-0.1, -0.05) is 24.3 Å². The second kappa shape index (κ2) is 6.26. The van der Waals surface area contributed by atoms with Gasteiger partial charge in [0.05, 0.1) is 19.3 Å². The van der Waals surface area contributed by atoms with Crippen molar-refractivity contribution in [3.8, 4) is 0 Å². The molecule has 3 rings (SSSR count). The van der Waals surface area contributed by atoms with Crippen molar-refractivity contribution in [1.29, 1.82) is 0 Å². The standard InChI is InChI=1S/C16H18N4O/c21-16(18-14-6-2-1-3-7-14)20-12-10-19(11-13-20)15-8-4-5-9-17-15/h1-9H,10-13H2,(H,18,21)/p+1. The van der Waals surface area contributed by atoms with Gasteiger partial charge in [0, 0.05) is 11.8 Å². The lowest BCUT2D eigenvalue weighted by Crippen LogP contribution is -2.51. The van der Waals surface area contributed by atoms with Crippen LogP contribution in [0.5, 0.6) is 0 Å². The molecular weight excluding hydrogens is 264 g/mol. The van der Waals surface area contributed by atoms with Crippen LogP contribution in [0, 0.1) is 0 Å². The molecule has 0 saturated carbocycles. The second-order valence-electron chi connectivity index (χ2n) is 5.02. The highest BCUT2D eigenvalue weighted by Crippen LogP contribution is 2.12. The first-order valence-corrected chi connectivity index (χ1v) is 7.15. The van der Waals surface area contributed by atoms with E-state index in [1.54, 1.807) is 0 Å². The fourth-order valence-corrected chi connectivity index (χ4v) is 2.46. The van der Waals surface area contributed by atoms with Crippen LogP contribution in [0.3, 0.4) is 0 Å². The molecular formula is C16H19N4O+. The molecule has 108 valence electrons. The number of carbonyl (C=O) groups is 1. The molecule has 2 heterocycles. The Kier molecular flexibility index (Phi) is 4.00. The number of nitrogens with one attached hydrogen (secondary N) is 2. The van der Waals surface area contributed by atoms with E-state index in [1.807, 2.05) is 53.6 Å². The smallest absolute Gasteiger partial charge is 0.317 e. The highest BCUT2D eigenvalue weighted by Gasteiger charge is 2.25. The maximum atomic E-state index is 12.2. The first-order valence-electron chi connectivity index (χ1n) is 7.15. The normalized spacial score (nSPS) is 14.9. The van der Waals surface area contributed by atoms with Gasteiger partial charge in [0.25, 0.3) is 5.82 Å². The summed E-state index contributed by atoms with van der Waals surface area (Å²) in [5.74, 6) is 1.10. The van der Waals surface area contributed by atoms with Crippen LogP contribution >= 0.6 is 0 Å². The van der Waals surface area contributed by atoms with Crippen molar-refractivity contribution in [1.82, 2.24) is 4.90 Å². The van der Waals surface area contributed by atoms with E-state index in [1.165, 1.54) is 0 Å². The number of urea groups is 1. The van der Waals surface area contributed by atoms with E-state index in [9.17, 15) is 4.79 Å². The summed E-state index contributed by atoms with van der Waals surface area (Å²) in [6.07, 6.45) is 1.92. The highest BCUT2D eigenvalue weighted by atomic mass is 16.2. The minimum absolute atomic E-state index is 0.0297. The molecule has 2 N–H and O–H groups in total. The zero-order valence-corrected chi connectivity index (χ0v) is 11.8. The van der Waals surface area contributed by atoms with Crippen molar-refractivity contribution in [2.24, 2.45) is 0 Å². The number of anilines is 2. The number of aromatic amines is 1. The molecule has 5 nitrogen and oxygen atoms in total. The van der Waals surface area contributed by atoms with Crippen LogP contribution in [0.2, 0.25) is 0 Å². The van der Waals surface area contributed by atoms with Crippen molar-refractivity contribution in [3.05, 3.63) is 54.7 Å². The molecule has 0 radical (unpaired) electrons. The van der Waals surface area contributed by atoms with Crippen molar-refractivity contribution >= 4 is 17.5 Å². The van der Waals surface area contributed by atoms with Gasteiger partial charge in [0.15, 0.2) is 0 Å². The number of carbonyl (C=O) groups excluding carboxylic acids is 1. The van der Waals surface area contributed by atoms with Gasteiger partial charge >= 0.3 is 6.03 Å². The molecule has 1 aliphatic rings. The Bertz CT molecular complexity index is 580. The van der Waals surface area contributed by atoms with Gasteiger partial charge in [-0.05, 0) is 18.2 Å². The summed E-state index contributed by atoms with van der Waals surface area (Å²) in [6.45, 7) is 3.12. The highest BCUT2D eigenvalue weighted by molar-refractivity contribution is 5.89. The minimum Gasteiger partial charge on any atom is -0.317 e. The number of para-hydroxylation sites is 1. The van der Waals surface area contributed by atoms with Gasteiger partial charge < -0.3 is 10.2 Å². The molecule has 0 aliphatic carbocycles.